The molecule has 3 nitrogen and oxygen atoms in total. The van der Waals surface area contributed by atoms with Crippen LogP contribution in [-0.4, -0.2) is 9.97 Å². The Morgan fingerprint density at radius 1 is 0.594 bits per heavy atom. The van der Waals surface area contributed by atoms with Crippen molar-refractivity contribution in [3.8, 4) is 11.6 Å². The summed E-state index contributed by atoms with van der Waals surface area (Å²) in [6.45, 7) is 0. The molecule has 0 radical (unpaired) electrons. The van der Waals surface area contributed by atoms with Gasteiger partial charge in [-0.1, -0.05) is 78.5 Å². The van der Waals surface area contributed by atoms with Gasteiger partial charge in [0.25, 0.3) is 0 Å². The van der Waals surface area contributed by atoms with Gasteiger partial charge >= 0.3 is 0 Å². The molecule has 0 aliphatic rings. The van der Waals surface area contributed by atoms with Gasteiger partial charge in [-0.3, -0.25) is 4.98 Å². The molecule has 0 saturated heterocycles. The molecule has 2 heterocycles. The fraction of sp³-hybridized carbons (Fsp3) is 0. The van der Waals surface area contributed by atoms with E-state index in [2.05, 4.69) is 59.6 Å². The molecule has 6 rings (SSSR count). The standard InChI is InChI=1S/C28H18N2OS/c1-2-9-22(10-3-1)32-24-16-14-19-7-4-5-11-23(19)28(24)31-25-17-15-21-13-12-20-8-6-18-29-26(20)27(21)30-25/h1-18H. The van der Waals surface area contributed by atoms with Crippen molar-refractivity contribution in [2.45, 2.75) is 9.79 Å². The largest absolute Gasteiger partial charge is 0.437 e. The highest BCUT2D eigenvalue weighted by molar-refractivity contribution is 7.99. The summed E-state index contributed by atoms with van der Waals surface area (Å²) < 4.78 is 6.49. The van der Waals surface area contributed by atoms with Crippen LogP contribution in [0, 0.1) is 0 Å². The summed E-state index contributed by atoms with van der Waals surface area (Å²) in [5.41, 5.74) is 1.73. The number of rotatable bonds is 4. The van der Waals surface area contributed by atoms with E-state index >= 15 is 0 Å². The van der Waals surface area contributed by atoms with Gasteiger partial charge in [0, 0.05) is 33.3 Å². The predicted molar refractivity (Wildman–Crippen MR) is 132 cm³/mol. The molecule has 6 aromatic rings. The van der Waals surface area contributed by atoms with Crippen molar-refractivity contribution in [2.75, 3.05) is 0 Å². The van der Waals surface area contributed by atoms with E-state index in [0.29, 0.717) is 5.88 Å². The lowest BCUT2D eigenvalue weighted by molar-refractivity contribution is 0.460. The third-order valence-electron chi connectivity index (χ3n) is 5.43. The molecule has 4 heteroatoms. The summed E-state index contributed by atoms with van der Waals surface area (Å²) in [7, 11) is 0. The number of hydrogen-bond acceptors (Lipinski definition) is 4. The number of ether oxygens (including phenoxy) is 1. The van der Waals surface area contributed by atoms with Crippen molar-refractivity contribution < 1.29 is 4.74 Å². The molecule has 0 fully saturated rings. The first-order valence-corrected chi connectivity index (χ1v) is 11.2. The molecule has 0 atom stereocenters. The normalized spacial score (nSPS) is 11.2. The molecule has 4 aromatic carbocycles. The van der Waals surface area contributed by atoms with Crippen LogP contribution in [-0.2, 0) is 0 Å². The number of nitrogens with zero attached hydrogens (tertiary/aromatic N) is 2. The van der Waals surface area contributed by atoms with Gasteiger partial charge in [0.05, 0.1) is 10.4 Å². The monoisotopic (exact) mass is 430 g/mol. The van der Waals surface area contributed by atoms with Crippen molar-refractivity contribution in [1.82, 2.24) is 9.97 Å². The molecule has 0 bridgehead atoms. The van der Waals surface area contributed by atoms with Crippen LogP contribution in [0.3, 0.4) is 0 Å². The van der Waals surface area contributed by atoms with Gasteiger partial charge < -0.3 is 4.74 Å². The summed E-state index contributed by atoms with van der Waals surface area (Å²) in [6, 6.07) is 35.0. The van der Waals surface area contributed by atoms with E-state index in [9.17, 15) is 0 Å². The van der Waals surface area contributed by atoms with Crippen LogP contribution in [0.4, 0.5) is 0 Å². The zero-order valence-corrected chi connectivity index (χ0v) is 17.9. The number of fused-ring (bicyclic) bond motifs is 4. The molecule has 2 aromatic heterocycles. The SMILES string of the molecule is c1ccc(Sc2ccc3ccccc3c2Oc2ccc3ccc4cccnc4c3n2)cc1. The Morgan fingerprint density at radius 3 is 2.22 bits per heavy atom. The quantitative estimate of drug-likeness (QED) is 0.266. The molecule has 152 valence electrons. The van der Waals surface area contributed by atoms with Gasteiger partial charge in [0.15, 0.2) is 5.75 Å². The van der Waals surface area contributed by atoms with Crippen molar-refractivity contribution in [1.29, 1.82) is 0 Å². The van der Waals surface area contributed by atoms with Gasteiger partial charge in [0.2, 0.25) is 5.88 Å². The smallest absolute Gasteiger partial charge is 0.219 e. The highest BCUT2D eigenvalue weighted by Crippen LogP contribution is 2.42. The van der Waals surface area contributed by atoms with E-state index in [1.54, 1.807) is 18.0 Å². The van der Waals surface area contributed by atoms with E-state index in [1.165, 1.54) is 0 Å². The topological polar surface area (TPSA) is 35.0 Å². The van der Waals surface area contributed by atoms with Gasteiger partial charge in [0.1, 0.15) is 5.52 Å². The lowest BCUT2D eigenvalue weighted by Gasteiger charge is -2.14. The Kier molecular flexibility index (Phi) is 4.70. The molecule has 0 unspecified atom stereocenters. The Balaban J connectivity index is 1.49. The van der Waals surface area contributed by atoms with E-state index in [-0.39, 0.29) is 0 Å². The molecule has 0 aliphatic carbocycles. The number of pyridine rings is 2. The first-order valence-electron chi connectivity index (χ1n) is 10.4. The van der Waals surface area contributed by atoms with Crippen LogP contribution in [0.1, 0.15) is 0 Å². The van der Waals surface area contributed by atoms with E-state index < -0.39 is 0 Å². The van der Waals surface area contributed by atoms with Crippen LogP contribution in [0.5, 0.6) is 11.6 Å². The maximum atomic E-state index is 6.49. The zero-order chi connectivity index (χ0) is 21.3. The number of benzene rings is 4. The second kappa shape index (κ2) is 7.98. The van der Waals surface area contributed by atoms with Crippen LogP contribution >= 0.6 is 11.8 Å². The van der Waals surface area contributed by atoms with Crippen LogP contribution < -0.4 is 4.74 Å². The van der Waals surface area contributed by atoms with Gasteiger partial charge in [-0.25, -0.2) is 4.98 Å². The molecule has 0 spiro atoms. The average Bonchev–Trinajstić information content (AvgIpc) is 2.86. The second-order valence-electron chi connectivity index (χ2n) is 7.49. The second-order valence-corrected chi connectivity index (χ2v) is 8.61. The van der Waals surface area contributed by atoms with E-state index in [0.717, 1.165) is 48.1 Å². The third kappa shape index (κ3) is 3.45. The Bertz CT molecular complexity index is 1580. The Hall–Kier alpha value is -3.89. The molecule has 32 heavy (non-hydrogen) atoms. The minimum atomic E-state index is 0.557. The average molecular weight is 431 g/mol. The molecular formula is C28H18N2OS. The lowest BCUT2D eigenvalue weighted by Crippen LogP contribution is -1.93. The Morgan fingerprint density at radius 2 is 1.31 bits per heavy atom. The van der Waals surface area contributed by atoms with E-state index in [4.69, 9.17) is 9.72 Å². The summed E-state index contributed by atoms with van der Waals surface area (Å²) in [6.07, 6.45) is 1.80. The van der Waals surface area contributed by atoms with Crippen LogP contribution in [0.15, 0.2) is 119 Å². The van der Waals surface area contributed by atoms with Gasteiger partial charge in [-0.2, -0.15) is 0 Å². The summed E-state index contributed by atoms with van der Waals surface area (Å²) in [5, 5.41) is 4.30. The lowest BCUT2D eigenvalue weighted by atomic mass is 10.1. The van der Waals surface area contributed by atoms with Crippen LogP contribution in [0.2, 0.25) is 0 Å². The molecular weight excluding hydrogens is 412 g/mol. The Labute approximate surface area is 189 Å². The maximum absolute atomic E-state index is 6.49. The molecule has 0 saturated carbocycles. The minimum absolute atomic E-state index is 0.557. The zero-order valence-electron chi connectivity index (χ0n) is 17.1. The first kappa shape index (κ1) is 18.8. The van der Waals surface area contributed by atoms with Gasteiger partial charge in [-0.15, -0.1) is 0 Å². The van der Waals surface area contributed by atoms with Crippen molar-refractivity contribution in [2.24, 2.45) is 0 Å². The first-order chi connectivity index (χ1) is 15.8. The summed E-state index contributed by atoms with van der Waals surface area (Å²) in [4.78, 5) is 11.6. The van der Waals surface area contributed by atoms with E-state index in [1.807, 2.05) is 48.5 Å². The summed E-state index contributed by atoms with van der Waals surface area (Å²) in [5.74, 6) is 1.37. The summed E-state index contributed by atoms with van der Waals surface area (Å²) >= 11 is 1.69. The van der Waals surface area contributed by atoms with Crippen LogP contribution in [0.25, 0.3) is 32.6 Å². The van der Waals surface area contributed by atoms with Crippen molar-refractivity contribution in [3.63, 3.8) is 0 Å². The maximum Gasteiger partial charge on any atom is 0.219 e. The fourth-order valence-corrected chi connectivity index (χ4v) is 4.82. The highest BCUT2D eigenvalue weighted by Gasteiger charge is 2.13. The van der Waals surface area contributed by atoms with Crippen molar-refractivity contribution >= 4 is 44.3 Å². The third-order valence-corrected chi connectivity index (χ3v) is 6.48. The van der Waals surface area contributed by atoms with Crippen molar-refractivity contribution in [3.05, 3.63) is 109 Å². The predicted octanol–water partition coefficient (Wildman–Crippen LogP) is 7.88. The molecule has 0 N–H and O–H groups in total. The fourth-order valence-electron chi connectivity index (χ4n) is 3.89. The number of aromatic nitrogens is 2. The number of hydrogen-bond donors (Lipinski definition) is 0. The molecule has 0 aliphatic heterocycles. The van der Waals surface area contributed by atoms with Gasteiger partial charge in [-0.05, 0) is 35.7 Å². The minimum Gasteiger partial charge on any atom is -0.437 e. The highest BCUT2D eigenvalue weighted by atomic mass is 32.2. The molecule has 0 amide bonds.